The Labute approximate surface area is 132 Å². The molecule has 20 heavy (non-hydrogen) atoms. The van der Waals surface area contributed by atoms with Crippen LogP contribution in [0.4, 0.5) is 10.1 Å². The van der Waals surface area contributed by atoms with Gasteiger partial charge in [0.2, 0.25) is 0 Å². The van der Waals surface area contributed by atoms with Crippen molar-refractivity contribution in [2.45, 2.75) is 6.04 Å². The van der Waals surface area contributed by atoms with Gasteiger partial charge in [-0.3, -0.25) is 0 Å². The molecule has 0 spiro atoms. The zero-order valence-corrected chi connectivity index (χ0v) is 13.3. The maximum Gasteiger partial charge on any atom is 0.330 e. The molecule has 0 bridgehead atoms. The third-order valence-corrected chi connectivity index (χ3v) is 3.87. The summed E-state index contributed by atoms with van der Waals surface area (Å²) in [5, 5.41) is 12.2. The molecule has 2 aromatic rings. The fourth-order valence-electron chi connectivity index (χ4n) is 1.74. The summed E-state index contributed by atoms with van der Waals surface area (Å²) in [4.78, 5) is 11.4. The molecule has 0 fully saturated rings. The Morgan fingerprint density at radius 2 is 1.90 bits per heavy atom. The number of hydrogen-bond acceptors (Lipinski definition) is 2. The van der Waals surface area contributed by atoms with E-state index >= 15 is 0 Å². The number of hydrogen-bond donors (Lipinski definition) is 2. The molecule has 0 aliphatic heterocycles. The number of carboxylic acids is 1. The average Bonchev–Trinajstić information content (AvgIpc) is 2.40. The fraction of sp³-hybridized carbons (Fsp3) is 0.0714. The van der Waals surface area contributed by atoms with Crippen molar-refractivity contribution in [2.75, 3.05) is 5.32 Å². The summed E-state index contributed by atoms with van der Waals surface area (Å²) in [7, 11) is 0. The standard InChI is InChI=1S/C14H10Br2FNO2/c15-8-5-6-11(17)9(7-8)13(14(19)20)18-12-4-2-1-3-10(12)16/h1-7,13,18H,(H,19,20). The monoisotopic (exact) mass is 401 g/mol. The van der Waals surface area contributed by atoms with Crippen LogP contribution in [0.1, 0.15) is 11.6 Å². The number of nitrogens with one attached hydrogen (secondary N) is 1. The molecule has 6 heteroatoms. The summed E-state index contributed by atoms with van der Waals surface area (Å²) in [6, 6.07) is 10.1. The lowest BCUT2D eigenvalue weighted by molar-refractivity contribution is -0.138. The first-order valence-electron chi connectivity index (χ1n) is 5.68. The number of benzene rings is 2. The number of anilines is 1. The van der Waals surface area contributed by atoms with Crippen LogP contribution in [0.2, 0.25) is 0 Å². The molecular weight excluding hydrogens is 393 g/mol. The number of para-hydroxylation sites is 1. The quantitative estimate of drug-likeness (QED) is 0.786. The molecule has 2 rings (SSSR count). The zero-order valence-electron chi connectivity index (χ0n) is 10.1. The number of halogens is 3. The highest BCUT2D eigenvalue weighted by atomic mass is 79.9. The minimum Gasteiger partial charge on any atom is -0.479 e. The first kappa shape index (κ1) is 15.0. The van der Waals surface area contributed by atoms with Crippen LogP contribution in [0.5, 0.6) is 0 Å². The Kier molecular flexibility index (Phi) is 4.77. The molecule has 2 aromatic carbocycles. The maximum atomic E-state index is 13.8. The third kappa shape index (κ3) is 3.37. The van der Waals surface area contributed by atoms with Crippen molar-refractivity contribution in [2.24, 2.45) is 0 Å². The van der Waals surface area contributed by atoms with Crippen LogP contribution in [-0.2, 0) is 4.79 Å². The summed E-state index contributed by atoms with van der Waals surface area (Å²) < 4.78 is 15.2. The van der Waals surface area contributed by atoms with Crippen molar-refractivity contribution >= 4 is 43.5 Å². The first-order chi connectivity index (χ1) is 9.49. The minimum absolute atomic E-state index is 0.0719. The molecule has 3 nitrogen and oxygen atoms in total. The van der Waals surface area contributed by atoms with Gasteiger partial charge in [0.15, 0.2) is 6.04 Å². The van der Waals surface area contributed by atoms with Gasteiger partial charge in [-0.2, -0.15) is 0 Å². The van der Waals surface area contributed by atoms with Crippen LogP contribution >= 0.6 is 31.9 Å². The normalized spacial score (nSPS) is 11.9. The molecule has 0 aliphatic rings. The van der Waals surface area contributed by atoms with E-state index < -0.39 is 17.8 Å². The van der Waals surface area contributed by atoms with Gasteiger partial charge < -0.3 is 10.4 Å². The second-order valence-corrected chi connectivity index (χ2v) is 5.83. The predicted molar refractivity (Wildman–Crippen MR) is 82.2 cm³/mol. The van der Waals surface area contributed by atoms with Crippen LogP contribution in [-0.4, -0.2) is 11.1 Å². The fourth-order valence-corrected chi connectivity index (χ4v) is 2.52. The van der Waals surface area contributed by atoms with Gasteiger partial charge in [-0.05, 0) is 46.3 Å². The van der Waals surface area contributed by atoms with Crippen LogP contribution < -0.4 is 5.32 Å². The number of aliphatic carboxylic acids is 1. The van der Waals surface area contributed by atoms with Gasteiger partial charge in [-0.1, -0.05) is 28.1 Å². The van der Waals surface area contributed by atoms with Gasteiger partial charge in [0.05, 0.1) is 0 Å². The Morgan fingerprint density at radius 3 is 2.55 bits per heavy atom. The molecule has 0 radical (unpaired) electrons. The van der Waals surface area contributed by atoms with Crippen LogP contribution in [0, 0.1) is 5.82 Å². The van der Waals surface area contributed by atoms with Crippen LogP contribution in [0.25, 0.3) is 0 Å². The van der Waals surface area contributed by atoms with Crippen molar-refractivity contribution in [3.8, 4) is 0 Å². The number of carbonyl (C=O) groups is 1. The van der Waals surface area contributed by atoms with E-state index in [0.717, 1.165) is 0 Å². The first-order valence-corrected chi connectivity index (χ1v) is 7.26. The second kappa shape index (κ2) is 6.37. The maximum absolute atomic E-state index is 13.8. The average molecular weight is 403 g/mol. The van der Waals surface area contributed by atoms with Crippen molar-refractivity contribution in [1.29, 1.82) is 0 Å². The van der Waals surface area contributed by atoms with E-state index in [2.05, 4.69) is 37.2 Å². The van der Waals surface area contributed by atoms with Gasteiger partial charge in [-0.25, -0.2) is 9.18 Å². The van der Waals surface area contributed by atoms with Gasteiger partial charge in [0.25, 0.3) is 0 Å². The Hall–Kier alpha value is -1.40. The molecule has 0 saturated carbocycles. The zero-order chi connectivity index (χ0) is 14.7. The molecule has 0 aliphatic carbocycles. The predicted octanol–water partition coefficient (Wildman–Crippen LogP) is 4.59. The largest absolute Gasteiger partial charge is 0.479 e. The highest BCUT2D eigenvalue weighted by Gasteiger charge is 2.24. The van der Waals surface area contributed by atoms with E-state index in [9.17, 15) is 14.3 Å². The molecule has 0 saturated heterocycles. The minimum atomic E-state index is -1.17. The van der Waals surface area contributed by atoms with E-state index in [0.29, 0.717) is 14.6 Å². The van der Waals surface area contributed by atoms with Gasteiger partial charge in [-0.15, -0.1) is 0 Å². The molecular formula is C14H10Br2FNO2. The van der Waals surface area contributed by atoms with Crippen molar-refractivity contribution < 1.29 is 14.3 Å². The summed E-state index contributed by atoms with van der Waals surface area (Å²) >= 11 is 6.54. The molecule has 104 valence electrons. The Balaban J connectivity index is 2.40. The molecule has 0 amide bonds. The van der Waals surface area contributed by atoms with Gasteiger partial charge in [0, 0.05) is 20.2 Å². The summed E-state index contributed by atoms with van der Waals surface area (Å²) in [6.45, 7) is 0. The van der Waals surface area contributed by atoms with E-state index in [1.165, 1.54) is 18.2 Å². The van der Waals surface area contributed by atoms with Crippen molar-refractivity contribution in [3.05, 3.63) is 62.8 Å². The number of rotatable bonds is 4. The smallest absolute Gasteiger partial charge is 0.330 e. The Morgan fingerprint density at radius 1 is 1.20 bits per heavy atom. The lowest BCUT2D eigenvalue weighted by atomic mass is 10.1. The molecule has 1 atom stereocenters. The third-order valence-electron chi connectivity index (χ3n) is 2.69. The highest BCUT2D eigenvalue weighted by Crippen LogP contribution is 2.29. The van der Waals surface area contributed by atoms with Crippen LogP contribution in [0.3, 0.4) is 0 Å². The highest BCUT2D eigenvalue weighted by molar-refractivity contribution is 9.10. The van der Waals surface area contributed by atoms with E-state index in [1.807, 2.05) is 6.07 Å². The summed E-state index contributed by atoms with van der Waals surface area (Å²) in [5.74, 6) is -1.72. The Bertz CT molecular complexity index is 649. The second-order valence-electron chi connectivity index (χ2n) is 4.06. The number of carboxylic acid groups (broad SMARTS) is 1. The molecule has 1 unspecified atom stereocenters. The van der Waals surface area contributed by atoms with Crippen LogP contribution in [0.15, 0.2) is 51.4 Å². The summed E-state index contributed by atoms with van der Waals surface area (Å²) in [6.07, 6.45) is 0. The molecule has 2 N–H and O–H groups in total. The van der Waals surface area contributed by atoms with Crippen molar-refractivity contribution in [1.82, 2.24) is 0 Å². The lowest BCUT2D eigenvalue weighted by Crippen LogP contribution is -2.22. The SMILES string of the molecule is O=C(O)C(Nc1ccccc1Br)c1cc(Br)ccc1F. The van der Waals surface area contributed by atoms with E-state index in [1.54, 1.807) is 18.2 Å². The molecule has 0 aromatic heterocycles. The van der Waals surface area contributed by atoms with Gasteiger partial charge in [0.1, 0.15) is 5.82 Å². The molecule has 0 heterocycles. The topological polar surface area (TPSA) is 49.3 Å². The van der Waals surface area contributed by atoms with E-state index in [4.69, 9.17) is 0 Å². The van der Waals surface area contributed by atoms with E-state index in [-0.39, 0.29) is 5.56 Å². The van der Waals surface area contributed by atoms with Crippen molar-refractivity contribution in [3.63, 3.8) is 0 Å². The van der Waals surface area contributed by atoms with Gasteiger partial charge >= 0.3 is 5.97 Å². The lowest BCUT2D eigenvalue weighted by Gasteiger charge is -2.18. The summed E-state index contributed by atoms with van der Waals surface area (Å²) in [5.41, 5.74) is 0.655.